The minimum absolute atomic E-state index is 0.121. The molecule has 0 spiro atoms. The molecule has 9 heteroatoms. The number of amides is 1. The van der Waals surface area contributed by atoms with E-state index in [0.717, 1.165) is 25.9 Å². The molecule has 1 amide bonds. The van der Waals surface area contributed by atoms with Crippen LogP contribution in [0.15, 0.2) is 23.1 Å². The van der Waals surface area contributed by atoms with E-state index in [1.54, 1.807) is 25.1 Å². The third-order valence-corrected chi connectivity index (χ3v) is 7.62. The van der Waals surface area contributed by atoms with E-state index in [9.17, 15) is 13.2 Å². The standard InChI is InChI=1S/C21H34N4O4S/c1-16(2)22-18-6-8-24(9-7-18)15-21(26)23-19-5-4-17(3)20(14-19)30(27,28)25-10-12-29-13-11-25/h4-5,14,16,18,22H,6-13,15H2,1-3H3,(H,23,26). The summed E-state index contributed by atoms with van der Waals surface area (Å²) >= 11 is 0. The summed E-state index contributed by atoms with van der Waals surface area (Å²) in [7, 11) is -3.61. The first-order valence-electron chi connectivity index (χ1n) is 10.7. The summed E-state index contributed by atoms with van der Waals surface area (Å²) in [5.74, 6) is -0.121. The molecule has 2 fully saturated rings. The number of nitrogens with one attached hydrogen (secondary N) is 2. The van der Waals surface area contributed by atoms with Crippen LogP contribution >= 0.6 is 0 Å². The molecule has 2 heterocycles. The van der Waals surface area contributed by atoms with Crippen molar-refractivity contribution in [2.45, 2.75) is 50.6 Å². The van der Waals surface area contributed by atoms with Gasteiger partial charge in [-0.25, -0.2) is 8.42 Å². The Morgan fingerprint density at radius 3 is 2.47 bits per heavy atom. The summed E-state index contributed by atoms with van der Waals surface area (Å²) in [5, 5.41) is 6.42. The first-order chi connectivity index (χ1) is 14.3. The summed E-state index contributed by atoms with van der Waals surface area (Å²) in [6.07, 6.45) is 2.05. The monoisotopic (exact) mass is 438 g/mol. The van der Waals surface area contributed by atoms with Gasteiger partial charge in [-0.3, -0.25) is 9.69 Å². The minimum Gasteiger partial charge on any atom is -0.379 e. The number of aryl methyl sites for hydroxylation is 1. The number of ether oxygens (including phenoxy) is 1. The molecule has 1 aromatic rings. The van der Waals surface area contributed by atoms with Crippen molar-refractivity contribution >= 4 is 21.6 Å². The molecule has 0 aromatic heterocycles. The van der Waals surface area contributed by atoms with Gasteiger partial charge in [-0.15, -0.1) is 0 Å². The largest absolute Gasteiger partial charge is 0.379 e. The van der Waals surface area contributed by atoms with Crippen molar-refractivity contribution in [3.63, 3.8) is 0 Å². The van der Waals surface area contributed by atoms with Crippen molar-refractivity contribution in [1.29, 1.82) is 0 Å². The molecule has 0 unspecified atom stereocenters. The van der Waals surface area contributed by atoms with Crippen molar-refractivity contribution in [1.82, 2.24) is 14.5 Å². The Hall–Kier alpha value is -1.52. The van der Waals surface area contributed by atoms with E-state index >= 15 is 0 Å². The van der Waals surface area contributed by atoms with Gasteiger partial charge in [0.1, 0.15) is 0 Å². The second kappa shape index (κ2) is 10.2. The number of anilines is 1. The topological polar surface area (TPSA) is 91.0 Å². The molecule has 168 valence electrons. The first kappa shape index (κ1) is 23.1. The Morgan fingerprint density at radius 1 is 1.17 bits per heavy atom. The minimum atomic E-state index is -3.61. The van der Waals surface area contributed by atoms with Crippen LogP contribution in [0.2, 0.25) is 0 Å². The lowest BCUT2D eigenvalue weighted by atomic mass is 10.0. The molecular formula is C21H34N4O4S. The van der Waals surface area contributed by atoms with Crippen molar-refractivity contribution in [3.05, 3.63) is 23.8 Å². The van der Waals surface area contributed by atoms with Gasteiger partial charge in [0.05, 0.1) is 24.7 Å². The highest BCUT2D eigenvalue weighted by molar-refractivity contribution is 7.89. The molecule has 2 aliphatic heterocycles. The Labute approximate surface area is 180 Å². The lowest BCUT2D eigenvalue weighted by Gasteiger charge is -2.33. The van der Waals surface area contributed by atoms with E-state index in [-0.39, 0.29) is 10.8 Å². The fraction of sp³-hybridized carbons (Fsp3) is 0.667. The molecule has 0 saturated carbocycles. The van der Waals surface area contributed by atoms with Gasteiger partial charge in [-0.1, -0.05) is 19.9 Å². The molecule has 1 aromatic carbocycles. The molecule has 2 N–H and O–H groups in total. The number of nitrogens with zero attached hydrogens (tertiary/aromatic N) is 2. The van der Waals surface area contributed by atoms with Crippen LogP contribution < -0.4 is 10.6 Å². The van der Waals surface area contributed by atoms with Crippen molar-refractivity contribution in [2.24, 2.45) is 0 Å². The average molecular weight is 439 g/mol. The van der Waals surface area contributed by atoms with Gasteiger partial charge in [0, 0.05) is 44.0 Å². The number of rotatable bonds is 7. The van der Waals surface area contributed by atoms with Crippen LogP contribution in [-0.4, -0.2) is 81.6 Å². The van der Waals surface area contributed by atoms with E-state index in [2.05, 4.69) is 29.4 Å². The lowest BCUT2D eigenvalue weighted by Crippen LogP contribution is -2.46. The molecule has 2 saturated heterocycles. The van der Waals surface area contributed by atoms with Gasteiger partial charge >= 0.3 is 0 Å². The molecule has 3 rings (SSSR count). The van der Waals surface area contributed by atoms with Gasteiger partial charge in [-0.05, 0) is 37.5 Å². The van der Waals surface area contributed by atoms with E-state index in [1.807, 2.05) is 0 Å². The summed E-state index contributed by atoms with van der Waals surface area (Å²) in [6.45, 7) is 9.63. The molecule has 0 radical (unpaired) electrons. The fourth-order valence-electron chi connectivity index (χ4n) is 4.01. The number of hydrogen-bond acceptors (Lipinski definition) is 6. The Bertz CT molecular complexity index is 829. The maximum absolute atomic E-state index is 13.0. The van der Waals surface area contributed by atoms with E-state index in [1.165, 1.54) is 4.31 Å². The number of carbonyl (C=O) groups excluding carboxylic acids is 1. The number of sulfonamides is 1. The van der Waals surface area contributed by atoms with Gasteiger partial charge in [-0.2, -0.15) is 4.31 Å². The maximum Gasteiger partial charge on any atom is 0.243 e. The second-order valence-electron chi connectivity index (χ2n) is 8.42. The number of piperidine rings is 1. The Kier molecular flexibility index (Phi) is 7.86. The summed E-state index contributed by atoms with van der Waals surface area (Å²) in [4.78, 5) is 14.9. The number of likely N-dealkylation sites (tertiary alicyclic amines) is 1. The lowest BCUT2D eigenvalue weighted by molar-refractivity contribution is -0.117. The average Bonchev–Trinajstić information content (AvgIpc) is 2.71. The SMILES string of the molecule is Cc1ccc(NC(=O)CN2CCC(NC(C)C)CC2)cc1S(=O)(=O)N1CCOCC1. The predicted molar refractivity (Wildman–Crippen MR) is 117 cm³/mol. The van der Waals surface area contributed by atoms with Crippen LogP contribution in [0.5, 0.6) is 0 Å². The molecule has 8 nitrogen and oxygen atoms in total. The van der Waals surface area contributed by atoms with Crippen LogP contribution in [0.3, 0.4) is 0 Å². The third-order valence-electron chi connectivity index (χ3n) is 5.58. The van der Waals surface area contributed by atoms with Crippen LogP contribution in [0, 0.1) is 6.92 Å². The van der Waals surface area contributed by atoms with Crippen LogP contribution in [0.4, 0.5) is 5.69 Å². The zero-order valence-corrected chi connectivity index (χ0v) is 19.0. The van der Waals surface area contributed by atoms with Gasteiger partial charge < -0.3 is 15.4 Å². The normalized spacial score (nSPS) is 19.9. The van der Waals surface area contributed by atoms with Gasteiger partial charge in [0.15, 0.2) is 0 Å². The zero-order valence-electron chi connectivity index (χ0n) is 18.2. The molecule has 0 bridgehead atoms. The second-order valence-corrected chi connectivity index (χ2v) is 10.3. The van der Waals surface area contributed by atoms with Crippen molar-refractivity contribution < 1.29 is 17.9 Å². The van der Waals surface area contributed by atoms with Crippen LogP contribution in [0.25, 0.3) is 0 Å². The Balaban J connectivity index is 1.59. The number of benzene rings is 1. The molecular weight excluding hydrogens is 404 g/mol. The predicted octanol–water partition coefficient (Wildman–Crippen LogP) is 1.42. The number of morpholine rings is 1. The third kappa shape index (κ3) is 6.01. The van der Waals surface area contributed by atoms with Crippen LogP contribution in [0.1, 0.15) is 32.3 Å². The van der Waals surface area contributed by atoms with E-state index in [0.29, 0.717) is 56.2 Å². The summed E-state index contributed by atoms with van der Waals surface area (Å²) in [6, 6.07) is 6.04. The number of hydrogen-bond donors (Lipinski definition) is 2. The quantitative estimate of drug-likeness (QED) is 0.669. The maximum atomic E-state index is 13.0. The van der Waals surface area contributed by atoms with E-state index < -0.39 is 10.0 Å². The zero-order chi connectivity index (χ0) is 21.7. The van der Waals surface area contributed by atoms with E-state index in [4.69, 9.17) is 4.74 Å². The van der Waals surface area contributed by atoms with Crippen LogP contribution in [-0.2, 0) is 19.6 Å². The summed E-state index contributed by atoms with van der Waals surface area (Å²) in [5.41, 5.74) is 1.17. The van der Waals surface area contributed by atoms with Crippen molar-refractivity contribution in [3.8, 4) is 0 Å². The molecule has 0 atom stereocenters. The first-order valence-corrected chi connectivity index (χ1v) is 12.2. The Morgan fingerprint density at radius 2 is 1.83 bits per heavy atom. The smallest absolute Gasteiger partial charge is 0.243 e. The van der Waals surface area contributed by atoms with Gasteiger partial charge in [0.2, 0.25) is 15.9 Å². The van der Waals surface area contributed by atoms with Crippen molar-refractivity contribution in [2.75, 3.05) is 51.3 Å². The highest BCUT2D eigenvalue weighted by atomic mass is 32.2. The summed E-state index contributed by atoms with van der Waals surface area (Å²) < 4.78 is 32.7. The fourth-order valence-corrected chi connectivity index (χ4v) is 5.67. The van der Waals surface area contributed by atoms with Gasteiger partial charge in [0.25, 0.3) is 0 Å². The highest BCUT2D eigenvalue weighted by Gasteiger charge is 2.28. The highest BCUT2D eigenvalue weighted by Crippen LogP contribution is 2.24. The number of carbonyl (C=O) groups is 1. The molecule has 30 heavy (non-hydrogen) atoms. The molecule has 2 aliphatic rings. The molecule has 0 aliphatic carbocycles.